The van der Waals surface area contributed by atoms with Gasteiger partial charge in [-0.2, -0.15) is 0 Å². The monoisotopic (exact) mass is 558 g/mol. The van der Waals surface area contributed by atoms with Crippen molar-refractivity contribution in [2.75, 3.05) is 4.90 Å². The quantitative estimate of drug-likeness (QED) is 0.293. The van der Waals surface area contributed by atoms with Crippen LogP contribution in [0.4, 0.5) is 10.5 Å². The fourth-order valence-electron chi connectivity index (χ4n) is 3.27. The highest BCUT2D eigenvalue weighted by atomic mass is 79.9. The van der Waals surface area contributed by atoms with Crippen molar-refractivity contribution >= 4 is 68.7 Å². The van der Waals surface area contributed by atoms with Crippen LogP contribution in [0.5, 0.6) is 5.75 Å². The minimum absolute atomic E-state index is 0.243. The Morgan fingerprint density at radius 2 is 1.74 bits per heavy atom. The molecule has 0 bridgehead atoms. The van der Waals surface area contributed by atoms with Crippen LogP contribution in [0, 0.1) is 6.92 Å². The molecule has 0 aliphatic carbocycles. The lowest BCUT2D eigenvalue weighted by molar-refractivity contribution is -0.122. The van der Waals surface area contributed by atoms with Crippen molar-refractivity contribution < 1.29 is 19.1 Å². The molecule has 1 saturated heterocycles. The minimum Gasteiger partial charge on any atom is -0.488 e. The van der Waals surface area contributed by atoms with Gasteiger partial charge < -0.3 is 4.74 Å². The van der Waals surface area contributed by atoms with Gasteiger partial charge in [0, 0.05) is 20.1 Å². The number of aryl methyl sites for hydroxylation is 1. The van der Waals surface area contributed by atoms with Crippen LogP contribution in [0.15, 0.2) is 70.7 Å². The van der Waals surface area contributed by atoms with Crippen molar-refractivity contribution in [3.05, 3.63) is 97.4 Å². The summed E-state index contributed by atoms with van der Waals surface area (Å²) in [6.45, 7) is 2.06. The van der Waals surface area contributed by atoms with E-state index in [1.54, 1.807) is 37.3 Å². The molecule has 0 atom stereocenters. The van der Waals surface area contributed by atoms with E-state index in [0.29, 0.717) is 21.4 Å². The maximum absolute atomic E-state index is 13.2. The Morgan fingerprint density at radius 1 is 1.00 bits per heavy atom. The Hall–Kier alpha value is -3.13. The summed E-state index contributed by atoms with van der Waals surface area (Å²) >= 11 is 15.7. The number of ether oxygens (including phenoxy) is 1. The number of urea groups is 1. The molecule has 3 aromatic rings. The van der Waals surface area contributed by atoms with Gasteiger partial charge in [-0.05, 0) is 66.6 Å². The van der Waals surface area contributed by atoms with Crippen LogP contribution in [0.1, 0.15) is 16.7 Å². The summed E-state index contributed by atoms with van der Waals surface area (Å²) in [5, 5.41) is 2.98. The molecule has 1 N–H and O–H groups in total. The molecule has 0 aromatic heterocycles. The Morgan fingerprint density at radius 3 is 2.44 bits per heavy atom. The Balaban J connectivity index is 1.67. The Kier molecular flexibility index (Phi) is 7.07. The number of carbonyl (C=O) groups excluding carboxylic acids is 3. The highest BCUT2D eigenvalue weighted by molar-refractivity contribution is 9.10. The van der Waals surface area contributed by atoms with E-state index in [4.69, 9.17) is 27.9 Å². The number of imide groups is 2. The van der Waals surface area contributed by atoms with Gasteiger partial charge in [-0.1, -0.05) is 57.3 Å². The van der Waals surface area contributed by atoms with Crippen molar-refractivity contribution in [3.63, 3.8) is 0 Å². The number of barbiturate groups is 1. The zero-order chi connectivity index (χ0) is 24.4. The average Bonchev–Trinajstić information content (AvgIpc) is 2.79. The number of hydrogen-bond donors (Lipinski definition) is 1. The van der Waals surface area contributed by atoms with E-state index in [1.165, 1.54) is 12.1 Å². The van der Waals surface area contributed by atoms with Gasteiger partial charge >= 0.3 is 6.03 Å². The second-order valence-corrected chi connectivity index (χ2v) is 9.25. The van der Waals surface area contributed by atoms with Crippen LogP contribution in [-0.4, -0.2) is 17.8 Å². The maximum Gasteiger partial charge on any atom is 0.335 e. The second-order valence-electron chi connectivity index (χ2n) is 7.49. The third-order valence-corrected chi connectivity index (χ3v) is 6.27. The summed E-state index contributed by atoms with van der Waals surface area (Å²) in [4.78, 5) is 39.1. The fraction of sp³-hybridized carbons (Fsp3) is 0.0800. The summed E-state index contributed by atoms with van der Waals surface area (Å²) in [5.74, 6) is -1.18. The lowest BCUT2D eigenvalue weighted by Crippen LogP contribution is -2.54. The minimum atomic E-state index is -0.857. The number of halogens is 3. The largest absolute Gasteiger partial charge is 0.488 e. The van der Waals surface area contributed by atoms with E-state index < -0.39 is 17.8 Å². The van der Waals surface area contributed by atoms with Gasteiger partial charge in [0.2, 0.25) is 0 Å². The van der Waals surface area contributed by atoms with Gasteiger partial charge in [0.1, 0.15) is 17.9 Å². The van der Waals surface area contributed by atoms with Crippen LogP contribution in [-0.2, 0) is 16.2 Å². The van der Waals surface area contributed by atoms with E-state index in [9.17, 15) is 14.4 Å². The van der Waals surface area contributed by atoms with Crippen molar-refractivity contribution in [2.24, 2.45) is 0 Å². The lowest BCUT2D eigenvalue weighted by Gasteiger charge is -2.26. The molecule has 0 spiro atoms. The van der Waals surface area contributed by atoms with Crippen LogP contribution in [0.3, 0.4) is 0 Å². The smallest absolute Gasteiger partial charge is 0.335 e. The van der Waals surface area contributed by atoms with Crippen LogP contribution >= 0.6 is 39.1 Å². The van der Waals surface area contributed by atoms with Crippen molar-refractivity contribution in [2.45, 2.75) is 13.5 Å². The average molecular weight is 560 g/mol. The van der Waals surface area contributed by atoms with Crippen LogP contribution < -0.4 is 15.0 Å². The predicted molar refractivity (Wildman–Crippen MR) is 135 cm³/mol. The first-order chi connectivity index (χ1) is 16.2. The summed E-state index contributed by atoms with van der Waals surface area (Å²) in [6, 6.07) is 16.4. The zero-order valence-electron chi connectivity index (χ0n) is 17.8. The third-order valence-electron chi connectivity index (χ3n) is 5.09. The molecule has 6 nitrogen and oxygen atoms in total. The van der Waals surface area contributed by atoms with Gasteiger partial charge in [-0.3, -0.25) is 14.9 Å². The van der Waals surface area contributed by atoms with Gasteiger partial charge in [-0.15, -0.1) is 0 Å². The molecule has 1 aliphatic heterocycles. The van der Waals surface area contributed by atoms with Crippen LogP contribution in [0.25, 0.3) is 6.08 Å². The number of amides is 4. The molecule has 3 aromatic carbocycles. The number of hydrogen-bond acceptors (Lipinski definition) is 4. The molecule has 172 valence electrons. The molecular weight excluding hydrogens is 543 g/mol. The number of carbonyl (C=O) groups is 3. The van der Waals surface area contributed by atoms with E-state index in [2.05, 4.69) is 21.2 Å². The van der Waals surface area contributed by atoms with Crippen molar-refractivity contribution in [1.29, 1.82) is 0 Å². The number of anilines is 1. The summed E-state index contributed by atoms with van der Waals surface area (Å²) in [7, 11) is 0. The molecule has 0 unspecified atom stereocenters. The summed E-state index contributed by atoms with van der Waals surface area (Å²) < 4.78 is 6.88. The molecule has 0 radical (unpaired) electrons. The first kappa shape index (κ1) is 24.0. The van der Waals surface area contributed by atoms with Gasteiger partial charge in [-0.25, -0.2) is 9.69 Å². The molecule has 1 fully saturated rings. The lowest BCUT2D eigenvalue weighted by atomic mass is 10.1. The summed E-state index contributed by atoms with van der Waals surface area (Å²) in [5.41, 5.74) is 2.13. The third kappa shape index (κ3) is 5.17. The molecule has 4 rings (SSSR count). The molecule has 4 amide bonds. The number of rotatable bonds is 5. The highest BCUT2D eigenvalue weighted by Crippen LogP contribution is 2.30. The van der Waals surface area contributed by atoms with Gasteiger partial charge in [0.05, 0.1) is 5.69 Å². The number of nitrogens with one attached hydrogen (secondary N) is 1. The Labute approximate surface area is 214 Å². The topological polar surface area (TPSA) is 75.7 Å². The zero-order valence-corrected chi connectivity index (χ0v) is 20.9. The molecule has 1 heterocycles. The molecule has 0 saturated carbocycles. The van der Waals surface area contributed by atoms with Crippen LogP contribution in [0.2, 0.25) is 10.0 Å². The van der Waals surface area contributed by atoms with Gasteiger partial charge in [0.15, 0.2) is 0 Å². The molecule has 34 heavy (non-hydrogen) atoms. The summed E-state index contributed by atoms with van der Waals surface area (Å²) in [6.07, 6.45) is 1.36. The van der Waals surface area contributed by atoms with Crippen molar-refractivity contribution in [1.82, 2.24) is 5.32 Å². The maximum atomic E-state index is 13.2. The molecule has 1 aliphatic rings. The first-order valence-corrected chi connectivity index (χ1v) is 11.6. The second kappa shape index (κ2) is 10.0. The molecule has 9 heteroatoms. The number of nitrogens with zero attached hydrogens (tertiary/aromatic N) is 1. The fourth-order valence-corrected chi connectivity index (χ4v) is 3.89. The number of benzene rings is 3. The normalized spacial score (nSPS) is 15.0. The van der Waals surface area contributed by atoms with E-state index in [0.717, 1.165) is 20.5 Å². The first-order valence-electron chi connectivity index (χ1n) is 10.1. The predicted octanol–water partition coefficient (Wildman–Crippen LogP) is 6.31. The molecular formula is C25H17BrCl2N2O4. The van der Waals surface area contributed by atoms with Gasteiger partial charge in [0.25, 0.3) is 11.8 Å². The Bertz CT molecular complexity index is 1340. The van der Waals surface area contributed by atoms with E-state index in [1.807, 2.05) is 24.3 Å². The highest BCUT2D eigenvalue weighted by Gasteiger charge is 2.37. The standard InChI is InChI=1S/C25H17BrCl2N2O4/c1-14-2-8-19(12-21(14)28)30-24(32)20(23(31)29-25(30)33)11-16-10-18(27)7-9-22(16)34-13-15-3-5-17(26)6-4-15/h2-12H,13H2,1H3,(H,29,31,33)/b20-11+. The van der Waals surface area contributed by atoms with E-state index in [-0.39, 0.29) is 17.9 Å². The van der Waals surface area contributed by atoms with E-state index >= 15 is 0 Å². The van der Waals surface area contributed by atoms with Crippen molar-refractivity contribution in [3.8, 4) is 5.75 Å². The SMILES string of the molecule is Cc1ccc(N2C(=O)NC(=O)/C(=C\c3cc(Cl)ccc3OCc3ccc(Br)cc3)C2=O)cc1Cl.